The van der Waals surface area contributed by atoms with Crippen molar-refractivity contribution in [2.45, 2.75) is 0 Å². The van der Waals surface area contributed by atoms with Crippen molar-refractivity contribution in [3.8, 4) is 11.1 Å². The SMILES string of the molecule is O=CC=Cc1cccc(-c2ccccc2)c1. The quantitative estimate of drug-likeness (QED) is 0.556. The van der Waals surface area contributed by atoms with Crippen molar-refractivity contribution in [3.63, 3.8) is 0 Å². The molecule has 0 radical (unpaired) electrons. The summed E-state index contributed by atoms with van der Waals surface area (Å²) in [6.45, 7) is 0. The zero-order valence-corrected chi connectivity index (χ0v) is 8.84. The first kappa shape index (κ1) is 10.4. The highest BCUT2D eigenvalue weighted by Crippen LogP contribution is 2.20. The highest BCUT2D eigenvalue weighted by atomic mass is 16.1. The lowest BCUT2D eigenvalue weighted by molar-refractivity contribution is -0.104. The Balaban J connectivity index is 2.36. The molecule has 0 bridgehead atoms. The van der Waals surface area contributed by atoms with Crippen molar-refractivity contribution < 1.29 is 4.79 Å². The number of allylic oxidation sites excluding steroid dienone is 1. The highest BCUT2D eigenvalue weighted by molar-refractivity contribution is 5.75. The topological polar surface area (TPSA) is 17.1 Å². The van der Waals surface area contributed by atoms with Gasteiger partial charge in [0.2, 0.25) is 0 Å². The van der Waals surface area contributed by atoms with E-state index in [4.69, 9.17) is 0 Å². The molecule has 16 heavy (non-hydrogen) atoms. The molecule has 0 aliphatic carbocycles. The molecule has 0 unspecified atom stereocenters. The van der Waals surface area contributed by atoms with E-state index in [0.29, 0.717) is 0 Å². The van der Waals surface area contributed by atoms with Crippen LogP contribution in [0.5, 0.6) is 0 Å². The lowest BCUT2D eigenvalue weighted by atomic mass is 10.0. The average molecular weight is 208 g/mol. The normalized spacial score (nSPS) is 10.5. The predicted octanol–water partition coefficient (Wildman–Crippen LogP) is 3.57. The van der Waals surface area contributed by atoms with E-state index in [1.807, 2.05) is 30.3 Å². The molecule has 0 atom stereocenters. The van der Waals surface area contributed by atoms with Crippen LogP contribution < -0.4 is 0 Å². The summed E-state index contributed by atoms with van der Waals surface area (Å²) in [6, 6.07) is 18.3. The van der Waals surface area contributed by atoms with Gasteiger partial charge >= 0.3 is 0 Å². The molecule has 0 aliphatic heterocycles. The van der Waals surface area contributed by atoms with Gasteiger partial charge in [-0.15, -0.1) is 0 Å². The first-order valence-corrected chi connectivity index (χ1v) is 5.17. The third kappa shape index (κ3) is 2.45. The van der Waals surface area contributed by atoms with Crippen molar-refractivity contribution >= 4 is 12.4 Å². The Morgan fingerprint density at radius 2 is 1.56 bits per heavy atom. The molecular weight excluding hydrogens is 196 g/mol. The van der Waals surface area contributed by atoms with E-state index in [9.17, 15) is 4.79 Å². The Bertz CT molecular complexity index is 498. The minimum Gasteiger partial charge on any atom is -0.299 e. The predicted molar refractivity (Wildman–Crippen MR) is 67.0 cm³/mol. The number of carbonyl (C=O) groups excluding carboxylic acids is 1. The monoisotopic (exact) mass is 208 g/mol. The van der Waals surface area contributed by atoms with E-state index >= 15 is 0 Å². The zero-order chi connectivity index (χ0) is 11.2. The molecule has 1 nitrogen and oxygen atoms in total. The van der Waals surface area contributed by atoms with Crippen LogP contribution in [0.3, 0.4) is 0 Å². The number of hydrogen-bond donors (Lipinski definition) is 0. The molecule has 0 aliphatic rings. The maximum Gasteiger partial charge on any atom is 0.142 e. The molecule has 2 rings (SSSR count). The van der Waals surface area contributed by atoms with Gasteiger partial charge < -0.3 is 0 Å². The summed E-state index contributed by atoms with van der Waals surface area (Å²) < 4.78 is 0. The van der Waals surface area contributed by atoms with Gasteiger partial charge in [-0.2, -0.15) is 0 Å². The van der Waals surface area contributed by atoms with E-state index in [-0.39, 0.29) is 0 Å². The van der Waals surface area contributed by atoms with Gasteiger partial charge in [-0.25, -0.2) is 0 Å². The van der Waals surface area contributed by atoms with Gasteiger partial charge in [0.15, 0.2) is 0 Å². The number of aldehydes is 1. The fourth-order valence-corrected chi connectivity index (χ4v) is 1.60. The van der Waals surface area contributed by atoms with Crippen molar-refractivity contribution in [1.29, 1.82) is 0 Å². The molecule has 0 spiro atoms. The largest absolute Gasteiger partial charge is 0.299 e. The minimum absolute atomic E-state index is 0.787. The van der Waals surface area contributed by atoms with Gasteiger partial charge in [-0.3, -0.25) is 4.79 Å². The second-order valence-corrected chi connectivity index (χ2v) is 3.49. The van der Waals surface area contributed by atoms with Crippen molar-refractivity contribution in [3.05, 3.63) is 66.2 Å². The van der Waals surface area contributed by atoms with Crippen molar-refractivity contribution in [1.82, 2.24) is 0 Å². The van der Waals surface area contributed by atoms with Gasteiger partial charge in [0.05, 0.1) is 0 Å². The molecule has 0 saturated carbocycles. The van der Waals surface area contributed by atoms with E-state index in [2.05, 4.69) is 24.3 Å². The van der Waals surface area contributed by atoms with Crippen LogP contribution in [0.4, 0.5) is 0 Å². The van der Waals surface area contributed by atoms with Crippen LogP contribution >= 0.6 is 0 Å². The van der Waals surface area contributed by atoms with Crippen LogP contribution in [0.25, 0.3) is 17.2 Å². The molecule has 0 aromatic heterocycles. The van der Waals surface area contributed by atoms with E-state index in [1.54, 1.807) is 6.08 Å². The first-order chi connectivity index (χ1) is 7.90. The Hall–Kier alpha value is -2.15. The van der Waals surface area contributed by atoms with Gasteiger partial charge in [0.1, 0.15) is 6.29 Å². The summed E-state index contributed by atoms with van der Waals surface area (Å²) in [5.74, 6) is 0. The van der Waals surface area contributed by atoms with Crippen LogP contribution in [0, 0.1) is 0 Å². The summed E-state index contributed by atoms with van der Waals surface area (Å²) in [5.41, 5.74) is 3.38. The van der Waals surface area contributed by atoms with Crippen molar-refractivity contribution in [2.24, 2.45) is 0 Å². The molecule has 2 aromatic rings. The fraction of sp³-hybridized carbons (Fsp3) is 0. The van der Waals surface area contributed by atoms with Crippen LogP contribution in [0.15, 0.2) is 60.7 Å². The maximum atomic E-state index is 10.2. The third-order valence-electron chi connectivity index (χ3n) is 2.36. The summed E-state index contributed by atoms with van der Waals surface area (Å²) in [4.78, 5) is 10.2. The van der Waals surface area contributed by atoms with E-state index < -0.39 is 0 Å². The fourth-order valence-electron chi connectivity index (χ4n) is 1.60. The molecule has 2 aromatic carbocycles. The number of carbonyl (C=O) groups is 1. The Kier molecular flexibility index (Phi) is 3.29. The average Bonchev–Trinajstić information content (AvgIpc) is 2.38. The number of rotatable bonds is 3. The molecule has 0 saturated heterocycles. The first-order valence-electron chi connectivity index (χ1n) is 5.17. The summed E-state index contributed by atoms with van der Waals surface area (Å²) in [7, 11) is 0. The van der Waals surface area contributed by atoms with Crippen LogP contribution in [-0.2, 0) is 4.79 Å². The Morgan fingerprint density at radius 1 is 0.812 bits per heavy atom. The summed E-state index contributed by atoms with van der Waals surface area (Å²) >= 11 is 0. The smallest absolute Gasteiger partial charge is 0.142 e. The molecule has 0 fully saturated rings. The van der Waals surface area contributed by atoms with E-state index in [1.165, 1.54) is 11.6 Å². The van der Waals surface area contributed by atoms with E-state index in [0.717, 1.165) is 17.4 Å². The second kappa shape index (κ2) is 5.08. The van der Waals surface area contributed by atoms with Crippen molar-refractivity contribution in [2.75, 3.05) is 0 Å². The molecule has 0 amide bonds. The van der Waals surface area contributed by atoms with Gasteiger partial charge in [-0.05, 0) is 28.8 Å². The third-order valence-corrected chi connectivity index (χ3v) is 2.36. The number of benzene rings is 2. The maximum absolute atomic E-state index is 10.2. The van der Waals surface area contributed by atoms with Crippen LogP contribution in [-0.4, -0.2) is 6.29 Å². The lowest BCUT2D eigenvalue weighted by Crippen LogP contribution is -1.78. The van der Waals surface area contributed by atoms with Crippen LogP contribution in [0.2, 0.25) is 0 Å². The lowest BCUT2D eigenvalue weighted by Gasteiger charge is -2.02. The number of hydrogen-bond acceptors (Lipinski definition) is 1. The second-order valence-electron chi connectivity index (χ2n) is 3.49. The Morgan fingerprint density at radius 3 is 2.31 bits per heavy atom. The standard InChI is InChI=1S/C15H12O/c16-11-5-7-13-6-4-10-15(12-13)14-8-2-1-3-9-14/h1-12H. The van der Waals surface area contributed by atoms with Gasteiger partial charge in [0, 0.05) is 0 Å². The molecule has 0 heterocycles. The summed E-state index contributed by atoms with van der Waals surface area (Å²) in [5, 5.41) is 0. The summed E-state index contributed by atoms with van der Waals surface area (Å²) in [6.07, 6.45) is 4.10. The zero-order valence-electron chi connectivity index (χ0n) is 8.84. The molecule has 78 valence electrons. The Labute approximate surface area is 95.1 Å². The minimum atomic E-state index is 0.787. The van der Waals surface area contributed by atoms with Gasteiger partial charge in [-0.1, -0.05) is 54.6 Å². The molecular formula is C15H12O. The molecule has 1 heteroatoms. The molecule has 0 N–H and O–H groups in total. The van der Waals surface area contributed by atoms with Crippen LogP contribution in [0.1, 0.15) is 5.56 Å². The highest BCUT2D eigenvalue weighted by Gasteiger charge is 1.96. The van der Waals surface area contributed by atoms with Gasteiger partial charge in [0.25, 0.3) is 0 Å².